The third-order valence-electron chi connectivity index (χ3n) is 12.5. The number of nitrogens with zero attached hydrogens (tertiary/aromatic N) is 3. The minimum atomic E-state index is -1.12. The van der Waals surface area contributed by atoms with Crippen molar-refractivity contribution in [2.24, 2.45) is 11.8 Å². The zero-order chi connectivity index (χ0) is 44.9. The number of rotatable bonds is 16. The molecule has 64 heavy (non-hydrogen) atoms. The standard InChI is InChI=1S/C47H49FN6O10/c1-27(28-5-7-29(8-6-28)34-17-19-49-37-14-9-30(48)23-36(34)37)44(58)51-31-10-12-32(13-11-31)64-33-24-53(25-33)42(57)18-21-62-22-20-50-41(56)26-63-39-4-2-3-35-43(39)47(61)54(46(35)60)38-15-16-40(55)52-45(38)59/h2-4,9-14,17,19,23,27-29,33,38H,5-8,15-16,18,20-22,24-26H2,1H3,(H,50,56)(H,51,58)(H,52,55,59)/t27-,28?,29?,38?/m1/s1. The summed E-state index contributed by atoms with van der Waals surface area (Å²) < 4.78 is 31.2. The third-order valence-corrected chi connectivity index (χ3v) is 12.5. The SMILES string of the molecule is C[C@@H](C(=O)Nc1ccc(OC2CN(C(=O)CCOCCNC(=O)COc3cccc4c3C(=O)N(C3CCC(=O)NC3=O)C4=O)C2)cc1)C1CCC(c2ccnc3ccc(F)cc23)CC1. The summed E-state index contributed by atoms with van der Waals surface area (Å²) in [7, 11) is 0. The van der Waals surface area contributed by atoms with Gasteiger partial charge in [0.25, 0.3) is 17.7 Å². The number of carbonyl (C=O) groups excluding carboxylic acids is 7. The number of benzene rings is 3. The molecular formula is C47H49FN6O10. The van der Waals surface area contributed by atoms with Crippen molar-refractivity contribution in [1.82, 2.24) is 25.4 Å². The summed E-state index contributed by atoms with van der Waals surface area (Å²) in [5.74, 6) is -2.47. The van der Waals surface area contributed by atoms with Crippen LogP contribution in [0.15, 0.2) is 72.9 Å². The number of carbonyl (C=O) groups is 7. The highest BCUT2D eigenvalue weighted by molar-refractivity contribution is 6.24. The minimum Gasteiger partial charge on any atom is -0.487 e. The van der Waals surface area contributed by atoms with Crippen LogP contribution in [-0.2, 0) is 28.7 Å². The second kappa shape index (κ2) is 19.3. The van der Waals surface area contributed by atoms with Gasteiger partial charge in [-0.2, -0.15) is 0 Å². The fraction of sp³-hybridized carbons (Fsp3) is 0.404. The monoisotopic (exact) mass is 876 g/mol. The van der Waals surface area contributed by atoms with Crippen LogP contribution in [0.2, 0.25) is 0 Å². The molecule has 17 heteroatoms. The van der Waals surface area contributed by atoms with Gasteiger partial charge in [0.2, 0.25) is 23.6 Å². The lowest BCUT2D eigenvalue weighted by Gasteiger charge is -2.39. The third kappa shape index (κ3) is 9.73. The van der Waals surface area contributed by atoms with Gasteiger partial charge in [0, 0.05) is 36.2 Å². The smallest absolute Gasteiger partial charge is 0.266 e. The molecule has 16 nitrogen and oxygen atoms in total. The highest BCUT2D eigenvalue weighted by atomic mass is 19.1. The number of piperidine rings is 1. The zero-order valence-corrected chi connectivity index (χ0v) is 35.3. The van der Waals surface area contributed by atoms with Gasteiger partial charge < -0.3 is 29.7 Å². The molecule has 7 amide bonds. The Morgan fingerprint density at radius 1 is 0.922 bits per heavy atom. The molecule has 1 aliphatic carbocycles. The maximum Gasteiger partial charge on any atom is 0.266 e. The second-order valence-electron chi connectivity index (χ2n) is 16.6. The molecule has 0 spiro atoms. The fourth-order valence-electron chi connectivity index (χ4n) is 8.90. The Bertz CT molecular complexity index is 2470. The summed E-state index contributed by atoms with van der Waals surface area (Å²) in [6.45, 7) is 2.83. The number of hydrogen-bond donors (Lipinski definition) is 3. The molecule has 8 rings (SSSR count). The molecule has 4 heterocycles. The average molecular weight is 877 g/mol. The Labute approximate surface area is 368 Å². The number of hydrogen-bond acceptors (Lipinski definition) is 11. The first-order chi connectivity index (χ1) is 30.9. The predicted octanol–water partition coefficient (Wildman–Crippen LogP) is 4.52. The van der Waals surface area contributed by atoms with Crippen molar-refractivity contribution in [1.29, 1.82) is 0 Å². The molecule has 3 aromatic carbocycles. The van der Waals surface area contributed by atoms with Crippen molar-refractivity contribution in [3.05, 3.63) is 95.4 Å². The van der Waals surface area contributed by atoms with Gasteiger partial charge in [-0.1, -0.05) is 13.0 Å². The van der Waals surface area contributed by atoms with Gasteiger partial charge in [-0.25, -0.2) is 4.39 Å². The molecule has 3 fully saturated rings. The first kappa shape index (κ1) is 43.9. The zero-order valence-electron chi connectivity index (χ0n) is 35.3. The van der Waals surface area contributed by atoms with E-state index in [4.69, 9.17) is 14.2 Å². The van der Waals surface area contributed by atoms with Gasteiger partial charge >= 0.3 is 0 Å². The molecule has 0 radical (unpaired) electrons. The number of anilines is 1. The average Bonchev–Trinajstić information content (AvgIpc) is 3.53. The van der Waals surface area contributed by atoms with Crippen LogP contribution in [0.5, 0.6) is 11.5 Å². The molecular weight excluding hydrogens is 828 g/mol. The Morgan fingerprint density at radius 2 is 1.70 bits per heavy atom. The summed E-state index contributed by atoms with van der Waals surface area (Å²) in [6, 6.07) is 17.2. The van der Waals surface area contributed by atoms with Crippen molar-refractivity contribution >= 4 is 57.9 Å². The van der Waals surface area contributed by atoms with Crippen LogP contribution >= 0.6 is 0 Å². The van der Waals surface area contributed by atoms with Crippen LogP contribution in [-0.4, -0.2) is 108 Å². The molecule has 1 unspecified atom stereocenters. The summed E-state index contributed by atoms with van der Waals surface area (Å²) in [6.07, 6.45) is 5.46. The predicted molar refractivity (Wildman–Crippen MR) is 229 cm³/mol. The number of amides is 7. The van der Waals surface area contributed by atoms with E-state index in [1.165, 1.54) is 24.3 Å². The highest BCUT2D eigenvalue weighted by Gasteiger charge is 2.46. The fourth-order valence-corrected chi connectivity index (χ4v) is 8.90. The number of halogens is 1. The molecule has 2 saturated heterocycles. The number of nitrogens with one attached hydrogen (secondary N) is 3. The molecule has 3 aliphatic heterocycles. The molecule has 334 valence electrons. The number of likely N-dealkylation sites (tertiary alicyclic amines) is 1. The molecule has 1 aromatic heterocycles. The van der Waals surface area contributed by atoms with Crippen LogP contribution in [0.3, 0.4) is 0 Å². The molecule has 4 aliphatic rings. The van der Waals surface area contributed by atoms with E-state index in [2.05, 4.69) is 20.9 Å². The van der Waals surface area contributed by atoms with Gasteiger partial charge in [0.05, 0.1) is 49.4 Å². The number of imide groups is 2. The topological polar surface area (TPSA) is 203 Å². The summed E-state index contributed by atoms with van der Waals surface area (Å²) >= 11 is 0. The summed E-state index contributed by atoms with van der Waals surface area (Å²) in [4.78, 5) is 95.4. The Morgan fingerprint density at radius 3 is 2.47 bits per heavy atom. The lowest BCUT2D eigenvalue weighted by Crippen LogP contribution is -2.56. The molecule has 4 aromatic rings. The Hall–Kier alpha value is -6.75. The quantitative estimate of drug-likeness (QED) is 0.106. The number of fused-ring (bicyclic) bond motifs is 2. The first-order valence-corrected chi connectivity index (χ1v) is 21.6. The van der Waals surface area contributed by atoms with E-state index in [-0.39, 0.29) is 91.5 Å². The van der Waals surface area contributed by atoms with Crippen LogP contribution in [0.4, 0.5) is 10.1 Å². The van der Waals surface area contributed by atoms with E-state index < -0.39 is 42.2 Å². The molecule has 2 atom stereocenters. The van der Waals surface area contributed by atoms with E-state index in [0.717, 1.165) is 47.0 Å². The van der Waals surface area contributed by atoms with Crippen molar-refractivity contribution in [2.45, 2.75) is 69.9 Å². The highest BCUT2D eigenvalue weighted by Crippen LogP contribution is 2.41. The summed E-state index contributed by atoms with van der Waals surface area (Å²) in [5.41, 5.74) is 2.58. The minimum absolute atomic E-state index is 0.00592. The molecule has 3 N–H and O–H groups in total. The van der Waals surface area contributed by atoms with Gasteiger partial charge in [0.1, 0.15) is 29.5 Å². The van der Waals surface area contributed by atoms with Gasteiger partial charge in [-0.05, 0) is 110 Å². The van der Waals surface area contributed by atoms with Crippen LogP contribution in [0.25, 0.3) is 10.9 Å². The lowest BCUT2D eigenvalue weighted by atomic mass is 9.73. The van der Waals surface area contributed by atoms with Crippen molar-refractivity contribution < 1.29 is 52.2 Å². The number of aromatic nitrogens is 1. The van der Waals surface area contributed by atoms with E-state index in [0.29, 0.717) is 30.4 Å². The Kier molecular flexibility index (Phi) is 13.3. The van der Waals surface area contributed by atoms with Crippen molar-refractivity contribution in [2.75, 3.05) is 44.8 Å². The Balaban J connectivity index is 0.681. The largest absolute Gasteiger partial charge is 0.487 e. The number of pyridine rings is 1. The van der Waals surface area contributed by atoms with E-state index >= 15 is 0 Å². The molecule has 0 bridgehead atoms. The van der Waals surface area contributed by atoms with E-state index in [1.54, 1.807) is 47.5 Å². The van der Waals surface area contributed by atoms with Gasteiger partial charge in [0.15, 0.2) is 6.61 Å². The normalized spacial score (nSPS) is 20.3. The lowest BCUT2D eigenvalue weighted by molar-refractivity contribution is -0.141. The van der Waals surface area contributed by atoms with Crippen LogP contribution < -0.4 is 25.4 Å². The maximum absolute atomic E-state index is 14.0. The van der Waals surface area contributed by atoms with Crippen molar-refractivity contribution in [3.63, 3.8) is 0 Å². The van der Waals surface area contributed by atoms with Crippen molar-refractivity contribution in [3.8, 4) is 11.5 Å². The van der Waals surface area contributed by atoms with Crippen LogP contribution in [0.1, 0.15) is 84.1 Å². The van der Waals surface area contributed by atoms with E-state index in [9.17, 15) is 38.0 Å². The molecule has 1 saturated carbocycles. The summed E-state index contributed by atoms with van der Waals surface area (Å²) in [5, 5.41) is 8.69. The number of ether oxygens (including phenoxy) is 3. The first-order valence-electron chi connectivity index (χ1n) is 21.6. The second-order valence-corrected chi connectivity index (χ2v) is 16.6. The maximum atomic E-state index is 14.0. The van der Waals surface area contributed by atoms with E-state index in [1.807, 2.05) is 13.0 Å². The van der Waals surface area contributed by atoms with Crippen LogP contribution in [0, 0.1) is 17.7 Å². The van der Waals surface area contributed by atoms with Gasteiger partial charge in [-0.3, -0.25) is 48.8 Å². The van der Waals surface area contributed by atoms with Gasteiger partial charge in [-0.15, -0.1) is 0 Å².